The first-order valence-corrected chi connectivity index (χ1v) is 6.26. The molecular weight excluding hydrogens is 291 g/mol. The summed E-state index contributed by atoms with van der Waals surface area (Å²) in [6, 6.07) is 11.3. The zero-order chi connectivity index (χ0) is 13.8. The van der Waals surface area contributed by atoms with Crippen molar-refractivity contribution in [2.45, 2.75) is 5.50 Å². The molecule has 0 aliphatic carbocycles. The molecule has 2 aromatic carbocycles. The van der Waals surface area contributed by atoms with Gasteiger partial charge >= 0.3 is 0 Å². The van der Waals surface area contributed by atoms with Gasteiger partial charge in [0.05, 0.1) is 0 Å². The first-order chi connectivity index (χ1) is 9.06. The van der Waals surface area contributed by atoms with Gasteiger partial charge in [-0.1, -0.05) is 35.3 Å². The number of benzene rings is 2. The molecule has 0 saturated carbocycles. The molecule has 1 unspecified atom stereocenters. The van der Waals surface area contributed by atoms with Crippen LogP contribution in [0.25, 0.3) is 0 Å². The van der Waals surface area contributed by atoms with Crippen molar-refractivity contribution >= 4 is 28.4 Å². The molecule has 19 heavy (non-hydrogen) atoms. The van der Waals surface area contributed by atoms with E-state index in [0.717, 1.165) is 0 Å². The number of aliphatic imine (C=N–C) groups is 1. The van der Waals surface area contributed by atoms with Crippen LogP contribution in [0.1, 0.15) is 16.6 Å². The Labute approximate surface area is 119 Å². The standard InChI is InChI=1S/C14H9Cl2F2N/c15-13(9-1-5-11(17)6-2-9)19-14(16)10-3-7-12(18)8-4-10/h1-8,13H/b19-14-. The molecule has 0 aliphatic heterocycles. The van der Waals surface area contributed by atoms with Gasteiger partial charge in [0, 0.05) is 5.56 Å². The highest BCUT2D eigenvalue weighted by Crippen LogP contribution is 2.24. The highest BCUT2D eigenvalue weighted by Gasteiger charge is 2.08. The first kappa shape index (κ1) is 14.0. The van der Waals surface area contributed by atoms with E-state index < -0.39 is 5.50 Å². The van der Waals surface area contributed by atoms with Gasteiger partial charge in [-0.25, -0.2) is 13.8 Å². The van der Waals surface area contributed by atoms with Crippen molar-refractivity contribution in [3.05, 3.63) is 71.3 Å². The number of halogens is 4. The van der Waals surface area contributed by atoms with Crippen LogP contribution in [0.4, 0.5) is 8.78 Å². The Kier molecular flexibility index (Phi) is 4.51. The average Bonchev–Trinajstić information content (AvgIpc) is 2.40. The van der Waals surface area contributed by atoms with Crippen LogP contribution in [0.2, 0.25) is 0 Å². The van der Waals surface area contributed by atoms with Crippen molar-refractivity contribution < 1.29 is 8.78 Å². The Hall–Kier alpha value is -1.45. The molecule has 2 rings (SSSR count). The van der Waals surface area contributed by atoms with Gasteiger partial charge in [-0.05, 0) is 42.0 Å². The minimum Gasteiger partial charge on any atom is -0.248 e. The molecule has 0 spiro atoms. The minimum absolute atomic E-state index is 0.171. The molecule has 0 aromatic heterocycles. The monoisotopic (exact) mass is 299 g/mol. The Bertz CT molecular complexity index is 579. The number of rotatable bonds is 3. The molecule has 98 valence electrons. The molecule has 0 saturated heterocycles. The van der Waals surface area contributed by atoms with Gasteiger partial charge in [0.1, 0.15) is 16.8 Å². The summed E-state index contributed by atoms with van der Waals surface area (Å²) in [6.07, 6.45) is 0. The third-order valence-electron chi connectivity index (χ3n) is 2.45. The normalized spacial score (nSPS) is 13.4. The summed E-state index contributed by atoms with van der Waals surface area (Å²) >= 11 is 12.1. The fraction of sp³-hybridized carbons (Fsp3) is 0.0714. The fourth-order valence-electron chi connectivity index (χ4n) is 1.46. The van der Waals surface area contributed by atoms with Crippen LogP contribution in [0, 0.1) is 11.6 Å². The van der Waals surface area contributed by atoms with Crippen LogP contribution in [-0.4, -0.2) is 5.17 Å². The lowest BCUT2D eigenvalue weighted by Gasteiger charge is -2.06. The summed E-state index contributed by atoms with van der Waals surface area (Å²) in [5.74, 6) is -0.699. The van der Waals surface area contributed by atoms with Crippen LogP contribution >= 0.6 is 23.2 Å². The molecule has 0 N–H and O–H groups in total. The second kappa shape index (κ2) is 6.13. The Balaban J connectivity index is 2.20. The van der Waals surface area contributed by atoms with Gasteiger partial charge in [-0.15, -0.1) is 0 Å². The number of hydrogen-bond acceptors (Lipinski definition) is 1. The van der Waals surface area contributed by atoms with Crippen molar-refractivity contribution in [3.8, 4) is 0 Å². The van der Waals surface area contributed by atoms with Crippen molar-refractivity contribution in [2.24, 2.45) is 4.99 Å². The summed E-state index contributed by atoms with van der Waals surface area (Å²) in [5, 5.41) is 0.171. The van der Waals surface area contributed by atoms with Crippen LogP contribution in [-0.2, 0) is 0 Å². The molecule has 1 atom stereocenters. The van der Waals surface area contributed by atoms with E-state index in [-0.39, 0.29) is 16.8 Å². The smallest absolute Gasteiger partial charge is 0.150 e. The maximum Gasteiger partial charge on any atom is 0.150 e. The molecule has 0 fully saturated rings. The van der Waals surface area contributed by atoms with E-state index in [4.69, 9.17) is 23.2 Å². The maximum atomic E-state index is 12.8. The van der Waals surface area contributed by atoms with Gasteiger partial charge in [0.2, 0.25) is 0 Å². The van der Waals surface area contributed by atoms with Crippen molar-refractivity contribution in [1.82, 2.24) is 0 Å². The second-order valence-electron chi connectivity index (χ2n) is 3.81. The molecule has 5 heteroatoms. The molecule has 0 bridgehead atoms. The zero-order valence-corrected chi connectivity index (χ0v) is 11.2. The molecule has 0 heterocycles. The topological polar surface area (TPSA) is 12.4 Å². The second-order valence-corrected chi connectivity index (χ2v) is 4.59. The lowest BCUT2D eigenvalue weighted by molar-refractivity contribution is 0.627. The van der Waals surface area contributed by atoms with Crippen LogP contribution in [0.5, 0.6) is 0 Å². The van der Waals surface area contributed by atoms with Gasteiger partial charge in [-0.3, -0.25) is 0 Å². The fourth-order valence-corrected chi connectivity index (χ4v) is 1.97. The Morgan fingerprint density at radius 2 is 1.37 bits per heavy atom. The predicted molar refractivity (Wildman–Crippen MR) is 73.8 cm³/mol. The van der Waals surface area contributed by atoms with Gasteiger partial charge in [-0.2, -0.15) is 0 Å². The minimum atomic E-state index is -0.724. The van der Waals surface area contributed by atoms with E-state index in [1.165, 1.54) is 48.5 Å². The third-order valence-corrected chi connectivity index (χ3v) is 3.12. The number of hydrogen-bond donors (Lipinski definition) is 0. The first-order valence-electron chi connectivity index (χ1n) is 5.45. The number of nitrogens with zero attached hydrogens (tertiary/aromatic N) is 1. The van der Waals surface area contributed by atoms with Crippen molar-refractivity contribution in [3.63, 3.8) is 0 Å². The van der Waals surface area contributed by atoms with E-state index in [9.17, 15) is 8.78 Å². The Morgan fingerprint density at radius 3 is 1.89 bits per heavy atom. The van der Waals surface area contributed by atoms with E-state index in [2.05, 4.69) is 4.99 Å². The summed E-state index contributed by atoms with van der Waals surface area (Å²) in [6.45, 7) is 0. The quantitative estimate of drug-likeness (QED) is 0.435. The largest absolute Gasteiger partial charge is 0.248 e. The summed E-state index contributed by atoms with van der Waals surface area (Å²) < 4.78 is 25.5. The predicted octanol–water partition coefficient (Wildman–Crippen LogP) is 4.89. The highest BCUT2D eigenvalue weighted by atomic mass is 35.5. The maximum absolute atomic E-state index is 12.8. The summed E-state index contributed by atoms with van der Waals surface area (Å²) in [4.78, 5) is 4.08. The van der Waals surface area contributed by atoms with E-state index >= 15 is 0 Å². The highest BCUT2D eigenvalue weighted by molar-refractivity contribution is 6.69. The lowest BCUT2D eigenvalue weighted by atomic mass is 10.2. The summed E-state index contributed by atoms with van der Waals surface area (Å²) in [7, 11) is 0. The molecule has 0 radical (unpaired) electrons. The molecule has 0 amide bonds. The van der Waals surface area contributed by atoms with Crippen molar-refractivity contribution in [2.75, 3.05) is 0 Å². The van der Waals surface area contributed by atoms with Crippen LogP contribution in [0.15, 0.2) is 53.5 Å². The molecule has 1 nitrogen and oxygen atoms in total. The van der Waals surface area contributed by atoms with Gasteiger partial charge in [0.15, 0.2) is 5.50 Å². The van der Waals surface area contributed by atoms with Crippen LogP contribution < -0.4 is 0 Å². The molecular formula is C14H9Cl2F2N. The SMILES string of the molecule is Fc1ccc(/C(Cl)=N/C(Cl)c2ccc(F)cc2)cc1. The van der Waals surface area contributed by atoms with Crippen LogP contribution in [0.3, 0.4) is 0 Å². The van der Waals surface area contributed by atoms with Gasteiger partial charge < -0.3 is 0 Å². The molecule has 2 aromatic rings. The average molecular weight is 300 g/mol. The Morgan fingerprint density at radius 1 is 0.895 bits per heavy atom. The lowest BCUT2D eigenvalue weighted by Crippen LogP contribution is -1.95. The zero-order valence-electron chi connectivity index (χ0n) is 9.66. The molecule has 0 aliphatic rings. The van der Waals surface area contributed by atoms with E-state index in [1.54, 1.807) is 0 Å². The van der Waals surface area contributed by atoms with Crippen molar-refractivity contribution in [1.29, 1.82) is 0 Å². The number of alkyl halides is 1. The van der Waals surface area contributed by atoms with E-state index in [0.29, 0.717) is 11.1 Å². The summed E-state index contributed by atoms with van der Waals surface area (Å²) in [5.41, 5.74) is 0.470. The third kappa shape index (κ3) is 3.75. The van der Waals surface area contributed by atoms with E-state index in [1.807, 2.05) is 0 Å². The van der Waals surface area contributed by atoms with Gasteiger partial charge in [0.25, 0.3) is 0 Å².